The molecular weight excluding hydrogens is 394 g/mol. The molecular formula is C24H39N3O4. The number of likely N-dealkylation sites (tertiary alicyclic amines) is 3. The first-order chi connectivity index (χ1) is 15.1. The topological polar surface area (TPSA) is 62.3 Å². The summed E-state index contributed by atoms with van der Waals surface area (Å²) in [6.45, 7) is 8.48. The Hall–Kier alpha value is -1.18. The van der Waals surface area contributed by atoms with Crippen molar-refractivity contribution in [2.45, 2.75) is 76.0 Å². The van der Waals surface area contributed by atoms with Gasteiger partial charge in [-0.1, -0.05) is 0 Å². The first-order valence-electron chi connectivity index (χ1n) is 12.6. The smallest absolute Gasteiger partial charge is 0.225 e. The highest BCUT2D eigenvalue weighted by Gasteiger charge is 2.57. The van der Waals surface area contributed by atoms with E-state index in [1.165, 1.54) is 12.8 Å². The lowest BCUT2D eigenvalue weighted by atomic mass is 9.73. The summed E-state index contributed by atoms with van der Waals surface area (Å²) in [6, 6.07) is 0.558. The van der Waals surface area contributed by atoms with Crippen LogP contribution in [-0.4, -0.2) is 96.7 Å². The molecule has 2 amide bonds. The minimum absolute atomic E-state index is 0.0956. The van der Waals surface area contributed by atoms with E-state index in [1.807, 2.05) is 4.90 Å². The second-order valence-electron chi connectivity index (χ2n) is 10.5. The van der Waals surface area contributed by atoms with E-state index < -0.39 is 0 Å². The maximum Gasteiger partial charge on any atom is 0.225 e. The number of ether oxygens (including phenoxy) is 2. The molecule has 5 fully saturated rings. The zero-order valence-electron chi connectivity index (χ0n) is 19.1. The van der Waals surface area contributed by atoms with Crippen LogP contribution in [0.5, 0.6) is 0 Å². The van der Waals surface area contributed by atoms with Crippen molar-refractivity contribution in [3.8, 4) is 0 Å². The molecule has 1 saturated carbocycles. The largest absolute Gasteiger partial charge is 0.381 e. The number of hydrogen-bond acceptors (Lipinski definition) is 5. The van der Waals surface area contributed by atoms with E-state index in [-0.39, 0.29) is 17.4 Å². The zero-order valence-corrected chi connectivity index (χ0v) is 19.1. The molecule has 0 aromatic heterocycles. The van der Waals surface area contributed by atoms with Crippen molar-refractivity contribution in [2.75, 3.05) is 52.5 Å². The maximum atomic E-state index is 13.1. The Morgan fingerprint density at radius 2 is 1.58 bits per heavy atom. The van der Waals surface area contributed by atoms with Crippen LogP contribution >= 0.6 is 0 Å². The molecule has 4 aliphatic heterocycles. The summed E-state index contributed by atoms with van der Waals surface area (Å²) in [5.74, 6) is 1.35. The van der Waals surface area contributed by atoms with E-state index in [1.54, 1.807) is 6.92 Å². The third-order valence-electron chi connectivity index (χ3n) is 8.63. The van der Waals surface area contributed by atoms with Gasteiger partial charge in [-0.3, -0.25) is 14.5 Å². The third kappa shape index (κ3) is 4.38. The van der Waals surface area contributed by atoms with Gasteiger partial charge in [0, 0.05) is 71.4 Å². The van der Waals surface area contributed by atoms with Crippen LogP contribution in [0, 0.1) is 11.8 Å². The molecule has 1 spiro atoms. The van der Waals surface area contributed by atoms with Crippen molar-refractivity contribution in [3.05, 3.63) is 0 Å². The van der Waals surface area contributed by atoms with Crippen LogP contribution in [0.15, 0.2) is 0 Å². The van der Waals surface area contributed by atoms with Crippen LogP contribution < -0.4 is 0 Å². The lowest BCUT2D eigenvalue weighted by molar-refractivity contribution is -0.218. The maximum absolute atomic E-state index is 13.1. The number of carbonyl (C=O) groups excluding carboxylic acids is 2. The molecule has 5 rings (SSSR count). The van der Waals surface area contributed by atoms with Gasteiger partial charge in [0.15, 0.2) is 0 Å². The number of rotatable bonds is 5. The molecule has 174 valence electrons. The Morgan fingerprint density at radius 3 is 2.19 bits per heavy atom. The lowest BCUT2D eigenvalue weighted by Crippen LogP contribution is -2.76. The minimum atomic E-state index is 0.0956. The zero-order chi connectivity index (χ0) is 21.4. The molecule has 1 aliphatic carbocycles. The highest BCUT2D eigenvalue weighted by atomic mass is 16.5. The van der Waals surface area contributed by atoms with Crippen molar-refractivity contribution in [3.63, 3.8) is 0 Å². The van der Waals surface area contributed by atoms with Gasteiger partial charge in [-0.05, 0) is 57.3 Å². The number of hydrogen-bond donors (Lipinski definition) is 0. The molecule has 31 heavy (non-hydrogen) atoms. The van der Waals surface area contributed by atoms with Crippen molar-refractivity contribution in [1.82, 2.24) is 14.7 Å². The normalized spacial score (nSPS) is 30.4. The molecule has 4 heterocycles. The predicted octanol–water partition coefficient (Wildman–Crippen LogP) is 1.90. The second kappa shape index (κ2) is 8.99. The van der Waals surface area contributed by atoms with Gasteiger partial charge >= 0.3 is 0 Å². The molecule has 7 heteroatoms. The van der Waals surface area contributed by atoms with Crippen LogP contribution in [0.4, 0.5) is 0 Å². The average Bonchev–Trinajstić information content (AvgIpc) is 3.63. The van der Waals surface area contributed by atoms with Gasteiger partial charge in [0.05, 0.1) is 11.6 Å². The van der Waals surface area contributed by atoms with Crippen LogP contribution in [0.25, 0.3) is 0 Å². The Morgan fingerprint density at radius 1 is 0.935 bits per heavy atom. The minimum Gasteiger partial charge on any atom is -0.381 e. The summed E-state index contributed by atoms with van der Waals surface area (Å²) < 4.78 is 12.1. The summed E-state index contributed by atoms with van der Waals surface area (Å²) in [5.41, 5.74) is 0.170. The molecule has 5 aliphatic rings. The highest BCUT2D eigenvalue weighted by molar-refractivity contribution is 5.79. The van der Waals surface area contributed by atoms with Gasteiger partial charge in [-0.2, -0.15) is 0 Å². The van der Waals surface area contributed by atoms with Crippen LogP contribution in [0.1, 0.15) is 58.3 Å². The molecule has 0 aromatic carbocycles. The van der Waals surface area contributed by atoms with E-state index in [0.717, 1.165) is 97.0 Å². The standard InChI is InChI=1S/C24H39N3O4/c1-18(28)25-10-4-20(5-11-25)23(29)26-12-6-21(7-13-26)27-16-22(31-17-19-2-3-19)24(27)8-14-30-15-9-24/h19-22H,2-17H2,1H3. The Bertz CT molecular complexity index is 660. The first-order valence-corrected chi connectivity index (χ1v) is 12.6. The Kier molecular flexibility index (Phi) is 6.28. The number of carbonyl (C=O) groups is 2. The fourth-order valence-corrected chi connectivity index (χ4v) is 6.29. The molecule has 0 bridgehead atoms. The molecule has 0 N–H and O–H groups in total. The third-order valence-corrected chi connectivity index (χ3v) is 8.63. The Balaban J connectivity index is 1.13. The Labute approximate surface area is 186 Å². The number of amides is 2. The summed E-state index contributed by atoms with van der Waals surface area (Å²) >= 11 is 0. The molecule has 1 atom stereocenters. The van der Waals surface area contributed by atoms with E-state index in [9.17, 15) is 9.59 Å². The molecule has 0 radical (unpaired) electrons. The van der Waals surface area contributed by atoms with Gasteiger partial charge in [0.2, 0.25) is 11.8 Å². The number of nitrogens with zero attached hydrogens (tertiary/aromatic N) is 3. The fourth-order valence-electron chi connectivity index (χ4n) is 6.29. The second-order valence-corrected chi connectivity index (χ2v) is 10.5. The van der Waals surface area contributed by atoms with Crippen LogP contribution in [0.3, 0.4) is 0 Å². The van der Waals surface area contributed by atoms with Gasteiger partial charge in [0.1, 0.15) is 0 Å². The molecule has 7 nitrogen and oxygen atoms in total. The van der Waals surface area contributed by atoms with Crippen LogP contribution in [0.2, 0.25) is 0 Å². The molecule has 4 saturated heterocycles. The van der Waals surface area contributed by atoms with E-state index in [4.69, 9.17) is 9.47 Å². The van der Waals surface area contributed by atoms with Crippen LogP contribution in [-0.2, 0) is 19.1 Å². The van der Waals surface area contributed by atoms with Gasteiger partial charge in [0.25, 0.3) is 0 Å². The summed E-state index contributed by atoms with van der Waals surface area (Å²) in [6.07, 6.45) is 8.96. The summed E-state index contributed by atoms with van der Waals surface area (Å²) in [5, 5.41) is 0. The summed E-state index contributed by atoms with van der Waals surface area (Å²) in [7, 11) is 0. The van der Waals surface area contributed by atoms with E-state index in [2.05, 4.69) is 9.80 Å². The fraction of sp³-hybridized carbons (Fsp3) is 0.917. The van der Waals surface area contributed by atoms with Crippen molar-refractivity contribution < 1.29 is 19.1 Å². The highest BCUT2D eigenvalue weighted by Crippen LogP contribution is 2.45. The summed E-state index contributed by atoms with van der Waals surface area (Å²) in [4.78, 5) is 31.3. The monoisotopic (exact) mass is 433 g/mol. The molecule has 0 aromatic rings. The van der Waals surface area contributed by atoms with Gasteiger partial charge < -0.3 is 19.3 Å². The van der Waals surface area contributed by atoms with E-state index >= 15 is 0 Å². The van der Waals surface area contributed by atoms with Crippen molar-refractivity contribution in [2.24, 2.45) is 11.8 Å². The van der Waals surface area contributed by atoms with Crippen molar-refractivity contribution >= 4 is 11.8 Å². The average molecular weight is 434 g/mol. The predicted molar refractivity (Wildman–Crippen MR) is 117 cm³/mol. The van der Waals surface area contributed by atoms with Crippen molar-refractivity contribution in [1.29, 1.82) is 0 Å². The van der Waals surface area contributed by atoms with E-state index in [0.29, 0.717) is 18.1 Å². The SMILES string of the molecule is CC(=O)N1CCC(C(=O)N2CCC(N3CC(OCC4CC4)C34CCOCC4)CC2)CC1. The number of piperidine rings is 2. The first kappa shape index (κ1) is 21.7. The molecule has 1 unspecified atom stereocenters. The quantitative estimate of drug-likeness (QED) is 0.663. The van der Waals surface area contributed by atoms with Gasteiger partial charge in [-0.25, -0.2) is 0 Å². The lowest BCUT2D eigenvalue weighted by Gasteiger charge is -2.63. The van der Waals surface area contributed by atoms with Gasteiger partial charge in [-0.15, -0.1) is 0 Å².